The number of fused-ring (bicyclic) bond motifs is 3. The fourth-order valence-corrected chi connectivity index (χ4v) is 6.62. The molecule has 0 spiro atoms. The number of allylic oxidation sites excluding steroid dienone is 4. The molecule has 0 aliphatic carbocycles. The highest BCUT2D eigenvalue weighted by atomic mass is 14.2. The number of rotatable bonds is 5. The third-order valence-electron chi connectivity index (χ3n) is 8.63. The first-order valence-electron chi connectivity index (χ1n) is 15.1. The molecule has 206 valence electrons. The molecule has 0 radical (unpaired) electrons. The van der Waals surface area contributed by atoms with E-state index in [9.17, 15) is 0 Å². The number of benzene rings is 7. The second-order valence-corrected chi connectivity index (χ2v) is 11.2. The molecule has 7 aromatic rings. The number of hydrogen-bond acceptors (Lipinski definition) is 0. The average Bonchev–Trinajstić information content (AvgIpc) is 3.06. The molecule has 7 aromatic carbocycles. The van der Waals surface area contributed by atoms with Crippen molar-refractivity contribution in [2.75, 3.05) is 0 Å². The number of hydrogen-bond donors (Lipinski definition) is 0. The van der Waals surface area contributed by atoms with E-state index in [4.69, 9.17) is 0 Å². The quantitative estimate of drug-likeness (QED) is 0.148. The van der Waals surface area contributed by atoms with E-state index in [2.05, 4.69) is 172 Å². The molecule has 43 heavy (non-hydrogen) atoms. The van der Waals surface area contributed by atoms with E-state index in [1.54, 1.807) is 0 Å². The van der Waals surface area contributed by atoms with E-state index in [1.165, 1.54) is 82.4 Å². The van der Waals surface area contributed by atoms with Crippen molar-refractivity contribution in [2.45, 2.75) is 20.8 Å². The topological polar surface area (TPSA) is 0 Å². The first-order valence-corrected chi connectivity index (χ1v) is 15.1. The van der Waals surface area contributed by atoms with Crippen molar-refractivity contribution in [1.82, 2.24) is 0 Å². The molecule has 0 heterocycles. The smallest absolute Gasteiger partial charge is 0.00201 e. The molecule has 0 nitrogen and oxygen atoms in total. The molecule has 0 aromatic heterocycles. The minimum Gasteiger partial charge on any atom is -0.0871 e. The van der Waals surface area contributed by atoms with Crippen molar-refractivity contribution < 1.29 is 0 Å². The highest BCUT2D eigenvalue weighted by Gasteiger charge is 2.19. The summed E-state index contributed by atoms with van der Waals surface area (Å²) in [6, 6.07) is 49.2. The van der Waals surface area contributed by atoms with Crippen molar-refractivity contribution in [3.63, 3.8) is 0 Å². The van der Waals surface area contributed by atoms with Crippen LogP contribution < -0.4 is 0 Å². The van der Waals surface area contributed by atoms with Gasteiger partial charge in [-0.15, -0.1) is 0 Å². The summed E-state index contributed by atoms with van der Waals surface area (Å²) in [7, 11) is 0. The lowest BCUT2D eigenvalue weighted by molar-refractivity contribution is 1.47. The molecule has 0 bridgehead atoms. The molecule has 0 fully saturated rings. The van der Waals surface area contributed by atoms with Crippen LogP contribution in [0.2, 0.25) is 0 Å². The van der Waals surface area contributed by atoms with Gasteiger partial charge in [-0.2, -0.15) is 0 Å². The molecule has 0 heteroatoms. The Kier molecular flexibility index (Phi) is 6.97. The molecule has 0 amide bonds. The Hall–Kier alpha value is -5.20. The van der Waals surface area contributed by atoms with Crippen molar-refractivity contribution >= 4 is 37.9 Å². The van der Waals surface area contributed by atoms with Gasteiger partial charge in [-0.05, 0) is 104 Å². The summed E-state index contributed by atoms with van der Waals surface area (Å²) in [5.74, 6) is 0. The molecule has 0 aliphatic rings. The third-order valence-corrected chi connectivity index (χ3v) is 8.63. The zero-order valence-corrected chi connectivity index (χ0v) is 24.9. The second-order valence-electron chi connectivity index (χ2n) is 11.2. The molecular formula is C43H34. The first-order chi connectivity index (χ1) is 21.2. The highest BCUT2D eigenvalue weighted by molar-refractivity contribution is 6.24. The molecular weight excluding hydrogens is 516 g/mol. The van der Waals surface area contributed by atoms with Gasteiger partial charge in [0.05, 0.1) is 0 Å². The Morgan fingerprint density at radius 3 is 1.58 bits per heavy atom. The molecule has 0 saturated carbocycles. The normalized spacial score (nSPS) is 12.1. The number of aryl methyl sites for hydroxylation is 1. The van der Waals surface area contributed by atoms with Crippen molar-refractivity contribution in [2.24, 2.45) is 0 Å². The minimum absolute atomic E-state index is 1.23. The van der Waals surface area contributed by atoms with E-state index in [1.807, 2.05) is 0 Å². The molecule has 0 saturated heterocycles. The van der Waals surface area contributed by atoms with Crippen molar-refractivity contribution in [1.29, 1.82) is 0 Å². The van der Waals surface area contributed by atoms with Crippen LogP contribution in [-0.2, 0) is 0 Å². The summed E-state index contributed by atoms with van der Waals surface area (Å²) < 4.78 is 0. The monoisotopic (exact) mass is 550 g/mol. The van der Waals surface area contributed by atoms with Gasteiger partial charge in [-0.25, -0.2) is 0 Å². The lowest BCUT2D eigenvalue weighted by atomic mass is 9.83. The SMILES string of the molecule is C/C=C/C(=C\C)c1cccc(-c2c3ccccc3c(-c3ccc(-c4ccc(C)cc4)c4ccccc34)c3ccccc23)c1. The summed E-state index contributed by atoms with van der Waals surface area (Å²) >= 11 is 0. The predicted molar refractivity (Wildman–Crippen MR) is 188 cm³/mol. The zero-order valence-electron chi connectivity index (χ0n) is 24.9. The third kappa shape index (κ3) is 4.66. The Labute approximate surface area is 254 Å². The van der Waals surface area contributed by atoms with E-state index in [0.717, 1.165) is 0 Å². The van der Waals surface area contributed by atoms with Gasteiger partial charge >= 0.3 is 0 Å². The van der Waals surface area contributed by atoms with E-state index in [-0.39, 0.29) is 0 Å². The molecule has 0 aliphatic heterocycles. The largest absolute Gasteiger partial charge is 0.0871 e. The van der Waals surface area contributed by atoms with Crippen LogP contribution in [0.1, 0.15) is 25.0 Å². The van der Waals surface area contributed by atoms with Gasteiger partial charge in [0.25, 0.3) is 0 Å². The minimum atomic E-state index is 1.23. The van der Waals surface area contributed by atoms with Crippen molar-refractivity contribution in [3.05, 3.63) is 163 Å². The van der Waals surface area contributed by atoms with Crippen LogP contribution in [0.15, 0.2) is 152 Å². The van der Waals surface area contributed by atoms with Gasteiger partial charge in [0.15, 0.2) is 0 Å². The van der Waals surface area contributed by atoms with Crippen LogP contribution in [0.5, 0.6) is 0 Å². The summed E-state index contributed by atoms with van der Waals surface area (Å²) in [6.07, 6.45) is 6.48. The highest BCUT2D eigenvalue weighted by Crippen LogP contribution is 2.46. The van der Waals surface area contributed by atoms with Crippen LogP contribution in [0.3, 0.4) is 0 Å². The fraction of sp³-hybridized carbons (Fsp3) is 0.0698. The molecule has 0 N–H and O–H groups in total. The lowest BCUT2D eigenvalue weighted by Gasteiger charge is -2.20. The van der Waals surface area contributed by atoms with Crippen molar-refractivity contribution in [3.8, 4) is 33.4 Å². The maximum absolute atomic E-state index is 2.34. The molecule has 0 unspecified atom stereocenters. The lowest BCUT2D eigenvalue weighted by Crippen LogP contribution is -1.93. The Morgan fingerprint density at radius 2 is 1.00 bits per heavy atom. The van der Waals surface area contributed by atoms with Crippen LogP contribution >= 0.6 is 0 Å². The second kappa shape index (κ2) is 11.2. The van der Waals surface area contributed by atoms with E-state index in [0.29, 0.717) is 0 Å². The molecule has 7 rings (SSSR count). The van der Waals surface area contributed by atoms with Crippen LogP contribution in [0, 0.1) is 6.92 Å². The average molecular weight is 551 g/mol. The fourth-order valence-electron chi connectivity index (χ4n) is 6.62. The first kappa shape index (κ1) is 26.7. The Morgan fingerprint density at radius 1 is 0.465 bits per heavy atom. The molecule has 0 atom stereocenters. The van der Waals surface area contributed by atoms with Gasteiger partial charge < -0.3 is 0 Å². The summed E-state index contributed by atoms with van der Waals surface area (Å²) in [5, 5.41) is 7.64. The Balaban J connectivity index is 1.54. The predicted octanol–water partition coefficient (Wildman–Crippen LogP) is 12.4. The van der Waals surface area contributed by atoms with Gasteiger partial charge in [0.1, 0.15) is 0 Å². The van der Waals surface area contributed by atoms with Gasteiger partial charge in [0.2, 0.25) is 0 Å². The van der Waals surface area contributed by atoms with Gasteiger partial charge in [0, 0.05) is 0 Å². The maximum Gasteiger partial charge on any atom is -0.00201 e. The van der Waals surface area contributed by atoms with E-state index >= 15 is 0 Å². The van der Waals surface area contributed by atoms with Crippen LogP contribution in [0.4, 0.5) is 0 Å². The summed E-state index contributed by atoms with van der Waals surface area (Å²) in [5.41, 5.74) is 11.3. The van der Waals surface area contributed by atoms with Gasteiger partial charge in [-0.3, -0.25) is 0 Å². The van der Waals surface area contributed by atoms with Crippen LogP contribution in [-0.4, -0.2) is 0 Å². The van der Waals surface area contributed by atoms with Crippen LogP contribution in [0.25, 0.3) is 71.3 Å². The van der Waals surface area contributed by atoms with E-state index < -0.39 is 0 Å². The summed E-state index contributed by atoms with van der Waals surface area (Å²) in [6.45, 7) is 6.32. The summed E-state index contributed by atoms with van der Waals surface area (Å²) in [4.78, 5) is 0. The van der Waals surface area contributed by atoms with Gasteiger partial charge in [-0.1, -0.05) is 151 Å². The zero-order chi connectivity index (χ0) is 29.3. The standard InChI is InChI=1S/C43H34/c1-4-13-30(5-2)32-14-12-15-33(28-32)42-37-18-8-10-20-39(37)43(40-21-11-9-19-38(40)42)41-27-26-34(31-24-22-29(3)23-25-31)35-16-6-7-17-36(35)41/h4-28H,1-3H3/b13-4+,30-5+. The Bertz CT molecular complexity index is 2130. The maximum atomic E-state index is 2.34.